The molecule has 0 aromatic heterocycles. The van der Waals surface area contributed by atoms with E-state index in [1.165, 1.54) is 0 Å². The first-order valence-electron chi connectivity index (χ1n) is 4.55. The summed E-state index contributed by atoms with van der Waals surface area (Å²) in [4.78, 5) is 21.7. The molecule has 0 fully saturated rings. The van der Waals surface area contributed by atoms with Crippen LogP contribution in [0.25, 0.3) is 0 Å². The predicted octanol–water partition coefficient (Wildman–Crippen LogP) is 1.60. The molecule has 0 saturated carbocycles. The third-order valence-electron chi connectivity index (χ3n) is 2.13. The molecule has 0 amide bonds. The van der Waals surface area contributed by atoms with Crippen LogP contribution in [0.1, 0.15) is 33.1 Å². The molecular weight excluding hydrogens is 168 g/mol. The molecule has 0 aromatic rings. The number of Topliss-reactive ketones (excluding diaryl/α,β-unsaturated/α-hetero) is 1. The van der Waals surface area contributed by atoms with Crippen LogP contribution in [0, 0.1) is 5.41 Å². The fraction of sp³-hybridized carbons (Fsp3) is 0.800. The molecule has 0 aliphatic heterocycles. The third-order valence-corrected chi connectivity index (χ3v) is 2.13. The van der Waals surface area contributed by atoms with Crippen LogP contribution < -0.4 is 0 Å². The second kappa shape index (κ2) is 5.86. The zero-order chi connectivity index (χ0) is 10.3. The summed E-state index contributed by atoms with van der Waals surface area (Å²) in [6, 6.07) is 0. The van der Waals surface area contributed by atoms with E-state index in [1.54, 1.807) is 7.11 Å². The number of aldehydes is 1. The van der Waals surface area contributed by atoms with Gasteiger partial charge in [-0.2, -0.15) is 0 Å². The lowest BCUT2D eigenvalue weighted by Gasteiger charge is -2.20. The van der Waals surface area contributed by atoms with Crippen molar-refractivity contribution in [3.8, 4) is 0 Å². The van der Waals surface area contributed by atoms with Crippen LogP contribution in [0.15, 0.2) is 0 Å². The van der Waals surface area contributed by atoms with Crippen LogP contribution in [0.5, 0.6) is 0 Å². The van der Waals surface area contributed by atoms with E-state index < -0.39 is 5.41 Å². The van der Waals surface area contributed by atoms with Crippen molar-refractivity contribution in [3.63, 3.8) is 0 Å². The van der Waals surface area contributed by atoms with Crippen LogP contribution >= 0.6 is 0 Å². The van der Waals surface area contributed by atoms with E-state index in [0.717, 1.165) is 6.29 Å². The van der Waals surface area contributed by atoms with Gasteiger partial charge in [0.1, 0.15) is 12.1 Å². The molecule has 3 heteroatoms. The van der Waals surface area contributed by atoms with Crippen LogP contribution in [0.2, 0.25) is 0 Å². The number of methoxy groups -OCH3 is 1. The van der Waals surface area contributed by atoms with Gasteiger partial charge < -0.3 is 9.53 Å². The minimum absolute atomic E-state index is 0.198. The van der Waals surface area contributed by atoms with Crippen molar-refractivity contribution in [2.45, 2.75) is 33.1 Å². The Labute approximate surface area is 79.5 Å². The predicted molar refractivity (Wildman–Crippen MR) is 50.6 cm³/mol. The van der Waals surface area contributed by atoms with Gasteiger partial charge >= 0.3 is 0 Å². The highest BCUT2D eigenvalue weighted by molar-refractivity contribution is 5.78. The highest BCUT2D eigenvalue weighted by atomic mass is 16.5. The highest BCUT2D eigenvalue weighted by Gasteiger charge is 2.23. The fourth-order valence-electron chi connectivity index (χ4n) is 1.10. The summed E-state index contributed by atoms with van der Waals surface area (Å²) in [6.45, 7) is 4.02. The van der Waals surface area contributed by atoms with Crippen LogP contribution in [0.3, 0.4) is 0 Å². The summed E-state index contributed by atoms with van der Waals surface area (Å²) in [5.41, 5.74) is -0.500. The van der Waals surface area contributed by atoms with Gasteiger partial charge in [-0.25, -0.2) is 0 Å². The van der Waals surface area contributed by atoms with E-state index in [2.05, 4.69) is 0 Å². The second-order valence-corrected chi connectivity index (χ2v) is 3.60. The third kappa shape index (κ3) is 4.78. The molecule has 0 rings (SSSR count). The van der Waals surface area contributed by atoms with Gasteiger partial charge in [-0.3, -0.25) is 4.79 Å². The lowest BCUT2D eigenvalue weighted by atomic mass is 9.87. The average molecular weight is 186 g/mol. The minimum atomic E-state index is -0.500. The summed E-state index contributed by atoms with van der Waals surface area (Å²) in [5.74, 6) is 0.198. The minimum Gasteiger partial charge on any atom is -0.384 e. The fourth-order valence-corrected chi connectivity index (χ4v) is 1.10. The zero-order valence-electron chi connectivity index (χ0n) is 8.63. The largest absolute Gasteiger partial charge is 0.384 e. The van der Waals surface area contributed by atoms with Crippen LogP contribution in [0.4, 0.5) is 0 Å². The number of carbonyl (C=O) groups is 2. The lowest BCUT2D eigenvalue weighted by Crippen LogP contribution is -2.25. The van der Waals surface area contributed by atoms with Gasteiger partial charge in [-0.1, -0.05) is 13.8 Å². The molecule has 0 aliphatic rings. The Kier molecular flexibility index (Phi) is 5.55. The number of ether oxygens (including phenoxy) is 1. The summed E-state index contributed by atoms with van der Waals surface area (Å²) in [5, 5.41) is 0. The Morgan fingerprint density at radius 2 is 2.15 bits per heavy atom. The summed E-state index contributed by atoms with van der Waals surface area (Å²) >= 11 is 0. The number of rotatable bonds is 7. The van der Waals surface area contributed by atoms with E-state index in [4.69, 9.17) is 4.74 Å². The van der Waals surface area contributed by atoms with Gasteiger partial charge in [-0.15, -0.1) is 0 Å². The van der Waals surface area contributed by atoms with Gasteiger partial charge in [0.05, 0.1) is 6.61 Å². The van der Waals surface area contributed by atoms with Crippen molar-refractivity contribution in [2.24, 2.45) is 5.41 Å². The molecule has 0 saturated heterocycles. The normalized spacial score (nSPS) is 15.0. The first-order chi connectivity index (χ1) is 6.08. The maximum absolute atomic E-state index is 11.0. The monoisotopic (exact) mass is 186 g/mol. The van der Waals surface area contributed by atoms with E-state index in [-0.39, 0.29) is 5.78 Å². The molecule has 1 atom stereocenters. The highest BCUT2D eigenvalue weighted by Crippen LogP contribution is 2.21. The molecule has 0 bridgehead atoms. The smallest absolute Gasteiger partial charge is 0.132 e. The molecule has 3 nitrogen and oxygen atoms in total. The van der Waals surface area contributed by atoms with Gasteiger partial charge in [0.2, 0.25) is 0 Å². The molecule has 0 radical (unpaired) electrons. The van der Waals surface area contributed by atoms with Gasteiger partial charge in [0, 0.05) is 25.4 Å². The topological polar surface area (TPSA) is 43.4 Å². The van der Waals surface area contributed by atoms with E-state index >= 15 is 0 Å². The lowest BCUT2D eigenvalue weighted by molar-refractivity contribution is -0.121. The van der Waals surface area contributed by atoms with Crippen molar-refractivity contribution in [1.82, 2.24) is 0 Å². The quantitative estimate of drug-likeness (QED) is 0.567. The molecule has 0 heterocycles. The molecule has 0 aromatic carbocycles. The second-order valence-electron chi connectivity index (χ2n) is 3.60. The van der Waals surface area contributed by atoms with Gasteiger partial charge in [0.15, 0.2) is 0 Å². The van der Waals surface area contributed by atoms with Gasteiger partial charge in [0.25, 0.3) is 0 Å². The van der Waals surface area contributed by atoms with Crippen molar-refractivity contribution < 1.29 is 14.3 Å². The molecule has 13 heavy (non-hydrogen) atoms. The summed E-state index contributed by atoms with van der Waals surface area (Å²) in [7, 11) is 1.56. The summed E-state index contributed by atoms with van der Waals surface area (Å²) in [6.07, 6.45) is 2.47. The molecule has 76 valence electrons. The van der Waals surface area contributed by atoms with E-state index in [1.807, 2.05) is 13.8 Å². The molecule has 0 aliphatic carbocycles. The Morgan fingerprint density at radius 3 is 2.54 bits per heavy atom. The maximum atomic E-state index is 11.0. The Bertz CT molecular complexity index is 177. The zero-order valence-corrected chi connectivity index (χ0v) is 8.63. The Hall–Kier alpha value is -0.700. The van der Waals surface area contributed by atoms with Crippen molar-refractivity contribution in [1.29, 1.82) is 0 Å². The van der Waals surface area contributed by atoms with Crippen LogP contribution in [-0.4, -0.2) is 25.8 Å². The Balaban J connectivity index is 3.96. The maximum Gasteiger partial charge on any atom is 0.132 e. The standard InChI is InChI=1S/C10H18O3/c1-4-9(12)5-6-10(2,7-11)8-13-3/h7H,4-6,8H2,1-3H3/t10-/m1/s1. The van der Waals surface area contributed by atoms with E-state index in [0.29, 0.717) is 25.9 Å². The molecule has 0 N–H and O–H groups in total. The number of hydrogen-bond acceptors (Lipinski definition) is 3. The molecule has 0 spiro atoms. The van der Waals surface area contributed by atoms with Crippen LogP contribution in [-0.2, 0) is 14.3 Å². The van der Waals surface area contributed by atoms with Crippen molar-refractivity contribution in [3.05, 3.63) is 0 Å². The number of carbonyl (C=O) groups excluding carboxylic acids is 2. The first-order valence-corrected chi connectivity index (χ1v) is 4.55. The number of hydrogen-bond donors (Lipinski definition) is 0. The van der Waals surface area contributed by atoms with Crippen molar-refractivity contribution in [2.75, 3.05) is 13.7 Å². The SMILES string of the molecule is CCC(=O)CC[C@](C)(C=O)COC. The molecule has 0 unspecified atom stereocenters. The molecular formula is C10H18O3. The number of ketones is 1. The van der Waals surface area contributed by atoms with Gasteiger partial charge in [-0.05, 0) is 6.42 Å². The summed E-state index contributed by atoms with van der Waals surface area (Å²) < 4.78 is 4.92. The Morgan fingerprint density at radius 1 is 1.54 bits per heavy atom. The average Bonchev–Trinajstić information content (AvgIpc) is 2.15. The van der Waals surface area contributed by atoms with E-state index in [9.17, 15) is 9.59 Å². The first kappa shape index (κ1) is 12.3. The van der Waals surface area contributed by atoms with Crippen molar-refractivity contribution >= 4 is 12.1 Å².